The largest absolute Gasteiger partial charge is 0.322 e. The molecule has 0 aliphatic carbocycles. The number of ketones is 1. The summed E-state index contributed by atoms with van der Waals surface area (Å²) in [6.07, 6.45) is 0. The molecule has 4 nitrogen and oxygen atoms in total. The molecule has 0 aromatic carbocycles. The van der Waals surface area contributed by atoms with E-state index in [1.54, 1.807) is 7.05 Å². The Kier molecular flexibility index (Phi) is 5.09. The van der Waals surface area contributed by atoms with E-state index in [-0.39, 0.29) is 29.3 Å². The van der Waals surface area contributed by atoms with Crippen LogP contribution in [0, 0.1) is 5.92 Å². The number of amides is 1. The lowest BCUT2D eigenvalue weighted by Gasteiger charge is -2.19. The fourth-order valence-electron chi connectivity index (χ4n) is 1.08. The highest BCUT2D eigenvalue weighted by Crippen LogP contribution is 2.01. The number of allylic oxidation sites excluding steroid dienone is 1. The molecule has 1 amide bonds. The van der Waals surface area contributed by atoms with Gasteiger partial charge in [-0.1, -0.05) is 20.4 Å². The number of nitrogens with one attached hydrogen (secondary N) is 2. The second-order valence-corrected chi connectivity index (χ2v) is 3.53. The summed E-state index contributed by atoms with van der Waals surface area (Å²) < 4.78 is 0. The van der Waals surface area contributed by atoms with E-state index in [2.05, 4.69) is 17.2 Å². The molecule has 0 bridgehead atoms. The first-order chi connectivity index (χ1) is 6.40. The van der Waals surface area contributed by atoms with Crippen LogP contribution in [0.4, 0.5) is 0 Å². The lowest BCUT2D eigenvalue weighted by atomic mass is 10.0. The molecule has 0 heterocycles. The van der Waals surface area contributed by atoms with Crippen LogP contribution in [0.15, 0.2) is 12.3 Å². The van der Waals surface area contributed by atoms with Crippen LogP contribution in [-0.4, -0.2) is 24.8 Å². The lowest BCUT2D eigenvalue weighted by Crippen LogP contribution is -2.46. The maximum absolute atomic E-state index is 11.5. The summed E-state index contributed by atoms with van der Waals surface area (Å²) in [7, 11) is 1.71. The highest BCUT2D eigenvalue weighted by atomic mass is 16.2. The summed E-state index contributed by atoms with van der Waals surface area (Å²) >= 11 is 0. The van der Waals surface area contributed by atoms with Crippen molar-refractivity contribution in [2.24, 2.45) is 5.92 Å². The third kappa shape index (κ3) is 3.70. The first-order valence-corrected chi connectivity index (χ1v) is 4.58. The number of rotatable bonds is 5. The lowest BCUT2D eigenvalue weighted by molar-refractivity contribution is -0.125. The second-order valence-electron chi connectivity index (χ2n) is 3.53. The van der Waals surface area contributed by atoms with Gasteiger partial charge in [-0.25, -0.2) is 0 Å². The molecule has 0 fully saturated rings. The average Bonchev–Trinajstić information content (AvgIpc) is 2.04. The van der Waals surface area contributed by atoms with Crippen molar-refractivity contribution in [3.63, 3.8) is 0 Å². The van der Waals surface area contributed by atoms with Gasteiger partial charge >= 0.3 is 0 Å². The van der Waals surface area contributed by atoms with E-state index in [0.717, 1.165) is 0 Å². The Hall–Kier alpha value is -1.16. The van der Waals surface area contributed by atoms with Crippen molar-refractivity contribution in [3.8, 4) is 0 Å². The van der Waals surface area contributed by atoms with Gasteiger partial charge in [-0.15, -0.1) is 0 Å². The van der Waals surface area contributed by atoms with Crippen LogP contribution in [-0.2, 0) is 9.59 Å². The zero-order chi connectivity index (χ0) is 11.3. The van der Waals surface area contributed by atoms with E-state index in [1.165, 1.54) is 6.92 Å². The van der Waals surface area contributed by atoms with E-state index in [4.69, 9.17) is 0 Å². The quantitative estimate of drug-likeness (QED) is 0.631. The van der Waals surface area contributed by atoms with Crippen molar-refractivity contribution in [1.82, 2.24) is 10.6 Å². The van der Waals surface area contributed by atoms with E-state index >= 15 is 0 Å². The Bertz CT molecular complexity index is 247. The van der Waals surface area contributed by atoms with Crippen molar-refractivity contribution in [3.05, 3.63) is 12.3 Å². The molecular weight excluding hydrogens is 180 g/mol. The van der Waals surface area contributed by atoms with Gasteiger partial charge in [-0.3, -0.25) is 9.59 Å². The van der Waals surface area contributed by atoms with Crippen molar-refractivity contribution in [1.29, 1.82) is 0 Å². The van der Waals surface area contributed by atoms with Gasteiger partial charge in [0.05, 0.1) is 11.7 Å². The molecule has 0 spiro atoms. The minimum atomic E-state index is -0.300. The number of likely N-dealkylation sites (N-methyl/N-ethyl adjacent to an activating group) is 1. The van der Waals surface area contributed by atoms with Gasteiger partial charge in [0.15, 0.2) is 5.78 Å². The Morgan fingerprint density at radius 3 is 2.07 bits per heavy atom. The molecule has 0 aromatic heterocycles. The van der Waals surface area contributed by atoms with Crippen LogP contribution < -0.4 is 10.6 Å². The number of Topliss-reactive ketones (excluding diaryl/α,β-unsaturated/α-hetero) is 1. The highest BCUT2D eigenvalue weighted by Gasteiger charge is 2.20. The van der Waals surface area contributed by atoms with Crippen LogP contribution in [0.1, 0.15) is 20.8 Å². The molecule has 0 unspecified atom stereocenters. The zero-order valence-electron chi connectivity index (χ0n) is 9.18. The standard InChI is InChI=1S/C10H18N2O2/c1-6(2)9(11-5)10(14)12-7(3)8(4)13/h6,9,11H,3H2,1-2,4-5H3,(H,12,14)/t9-/m0/s1. The average molecular weight is 198 g/mol. The van der Waals surface area contributed by atoms with Crippen LogP contribution in [0.5, 0.6) is 0 Å². The minimum absolute atomic E-state index is 0.135. The maximum atomic E-state index is 11.5. The SMILES string of the molecule is C=C(NC(=O)[C@@H](NC)C(C)C)C(C)=O. The molecule has 14 heavy (non-hydrogen) atoms. The summed E-state index contributed by atoms with van der Waals surface area (Å²) in [5, 5.41) is 5.35. The topological polar surface area (TPSA) is 58.2 Å². The van der Waals surface area contributed by atoms with Crippen LogP contribution in [0.25, 0.3) is 0 Å². The molecule has 80 valence electrons. The first kappa shape index (κ1) is 12.8. The number of hydrogen-bond donors (Lipinski definition) is 2. The zero-order valence-corrected chi connectivity index (χ0v) is 9.18. The highest BCUT2D eigenvalue weighted by molar-refractivity contribution is 5.97. The molecular formula is C10H18N2O2. The fourth-order valence-corrected chi connectivity index (χ4v) is 1.08. The molecule has 0 aromatic rings. The molecule has 0 aliphatic heterocycles. The Labute approximate surface area is 84.8 Å². The van der Waals surface area contributed by atoms with E-state index in [0.29, 0.717) is 0 Å². The van der Waals surface area contributed by atoms with E-state index in [1.807, 2.05) is 13.8 Å². The van der Waals surface area contributed by atoms with Gasteiger partial charge in [-0.2, -0.15) is 0 Å². The molecule has 2 N–H and O–H groups in total. The van der Waals surface area contributed by atoms with Gasteiger partial charge in [0.25, 0.3) is 0 Å². The van der Waals surface area contributed by atoms with Crippen molar-refractivity contribution >= 4 is 11.7 Å². The smallest absolute Gasteiger partial charge is 0.241 e. The minimum Gasteiger partial charge on any atom is -0.322 e. The molecule has 0 saturated carbocycles. The van der Waals surface area contributed by atoms with E-state index < -0.39 is 0 Å². The molecule has 1 atom stereocenters. The number of carbonyl (C=O) groups is 2. The van der Waals surface area contributed by atoms with Gasteiger partial charge in [0.1, 0.15) is 0 Å². The van der Waals surface area contributed by atoms with Crippen molar-refractivity contribution < 1.29 is 9.59 Å². The molecule has 0 radical (unpaired) electrons. The summed E-state index contributed by atoms with van der Waals surface area (Å²) in [6, 6.07) is -0.300. The predicted octanol–water partition coefficient (Wildman–Crippen LogP) is 0.449. The Morgan fingerprint density at radius 1 is 1.29 bits per heavy atom. The summed E-state index contributed by atoms with van der Waals surface area (Å²) in [5.74, 6) is -0.278. The van der Waals surface area contributed by atoms with Gasteiger partial charge < -0.3 is 10.6 Å². The number of carbonyl (C=O) groups excluding carboxylic acids is 2. The van der Waals surface area contributed by atoms with Crippen LogP contribution >= 0.6 is 0 Å². The summed E-state index contributed by atoms with van der Waals surface area (Å²) in [6.45, 7) is 8.68. The van der Waals surface area contributed by atoms with Crippen LogP contribution in [0.3, 0.4) is 0 Å². The molecule has 0 saturated heterocycles. The van der Waals surface area contributed by atoms with Crippen molar-refractivity contribution in [2.75, 3.05) is 7.05 Å². The maximum Gasteiger partial charge on any atom is 0.241 e. The normalized spacial score (nSPS) is 12.4. The Balaban J connectivity index is 4.32. The first-order valence-electron chi connectivity index (χ1n) is 4.58. The third-order valence-electron chi connectivity index (χ3n) is 1.96. The van der Waals surface area contributed by atoms with Gasteiger partial charge in [0.2, 0.25) is 5.91 Å². The van der Waals surface area contributed by atoms with Crippen LogP contribution in [0.2, 0.25) is 0 Å². The van der Waals surface area contributed by atoms with Crippen molar-refractivity contribution in [2.45, 2.75) is 26.8 Å². The molecule has 4 heteroatoms. The predicted molar refractivity (Wildman–Crippen MR) is 55.6 cm³/mol. The Morgan fingerprint density at radius 2 is 1.79 bits per heavy atom. The third-order valence-corrected chi connectivity index (χ3v) is 1.96. The van der Waals surface area contributed by atoms with Gasteiger partial charge in [-0.05, 0) is 13.0 Å². The second kappa shape index (κ2) is 5.54. The molecule has 0 rings (SSSR count). The fraction of sp³-hybridized carbons (Fsp3) is 0.600. The summed E-state index contributed by atoms with van der Waals surface area (Å²) in [5.41, 5.74) is 0.135. The molecule has 0 aliphatic rings. The van der Waals surface area contributed by atoms with Gasteiger partial charge in [0, 0.05) is 6.92 Å². The number of hydrogen-bond acceptors (Lipinski definition) is 3. The van der Waals surface area contributed by atoms with E-state index in [9.17, 15) is 9.59 Å². The summed E-state index contributed by atoms with van der Waals surface area (Å²) in [4.78, 5) is 22.4. The monoisotopic (exact) mass is 198 g/mol.